The van der Waals surface area contributed by atoms with Crippen LogP contribution in [0.5, 0.6) is 0 Å². The molecule has 1 aliphatic rings. The van der Waals surface area contributed by atoms with E-state index in [1.165, 1.54) is 6.26 Å². The average molecular weight is 335 g/mol. The smallest absolute Gasteiger partial charge is 0.287 e. The zero-order valence-electron chi connectivity index (χ0n) is 14.1. The Kier molecular flexibility index (Phi) is 4.71. The van der Waals surface area contributed by atoms with Crippen LogP contribution >= 0.6 is 0 Å². The van der Waals surface area contributed by atoms with Crippen LogP contribution < -0.4 is 5.32 Å². The fourth-order valence-corrected chi connectivity index (χ4v) is 3.16. The lowest BCUT2D eigenvalue weighted by atomic mass is 10.1. The van der Waals surface area contributed by atoms with Gasteiger partial charge in [-0.3, -0.25) is 9.69 Å². The van der Waals surface area contributed by atoms with Crippen molar-refractivity contribution >= 4 is 5.91 Å². The fourth-order valence-electron chi connectivity index (χ4n) is 3.16. The summed E-state index contributed by atoms with van der Waals surface area (Å²) in [7, 11) is 0. The van der Waals surface area contributed by atoms with Gasteiger partial charge in [-0.1, -0.05) is 5.16 Å². The molecular formula is C17H22FN3O3. The van der Waals surface area contributed by atoms with Crippen LogP contribution in [-0.4, -0.2) is 41.3 Å². The SMILES string of the molecule is Cc1ccoc1C(=O)NC[C@@H]1C[C@H](F)CN1Cc1c(C)noc1C. The van der Waals surface area contributed by atoms with Crippen molar-refractivity contribution in [3.8, 4) is 0 Å². The van der Waals surface area contributed by atoms with Gasteiger partial charge in [0.15, 0.2) is 5.76 Å². The summed E-state index contributed by atoms with van der Waals surface area (Å²) >= 11 is 0. The van der Waals surface area contributed by atoms with Gasteiger partial charge in [0.1, 0.15) is 11.9 Å². The Hall–Kier alpha value is -2.15. The first kappa shape index (κ1) is 16.7. The minimum atomic E-state index is -0.891. The number of aryl methyl sites for hydroxylation is 3. The molecule has 1 saturated heterocycles. The third-order valence-electron chi connectivity index (χ3n) is 4.59. The predicted molar refractivity (Wildman–Crippen MR) is 85.5 cm³/mol. The molecule has 0 bridgehead atoms. The monoisotopic (exact) mass is 335 g/mol. The molecule has 2 atom stereocenters. The summed E-state index contributed by atoms with van der Waals surface area (Å²) in [5.74, 6) is 0.794. The molecule has 0 unspecified atom stereocenters. The van der Waals surface area contributed by atoms with Crippen molar-refractivity contribution in [1.82, 2.24) is 15.4 Å². The molecule has 7 heteroatoms. The van der Waals surface area contributed by atoms with Crippen LogP contribution in [0.1, 0.15) is 39.6 Å². The van der Waals surface area contributed by atoms with Crippen LogP contribution in [0.25, 0.3) is 0 Å². The summed E-state index contributed by atoms with van der Waals surface area (Å²) in [6.45, 7) is 6.85. The number of hydrogen-bond donors (Lipinski definition) is 1. The molecule has 24 heavy (non-hydrogen) atoms. The summed E-state index contributed by atoms with van der Waals surface area (Å²) in [4.78, 5) is 14.2. The van der Waals surface area contributed by atoms with Gasteiger partial charge in [0.2, 0.25) is 0 Å². The second kappa shape index (κ2) is 6.76. The number of halogens is 1. The third-order valence-corrected chi connectivity index (χ3v) is 4.59. The lowest BCUT2D eigenvalue weighted by Crippen LogP contribution is -2.40. The molecule has 2 aromatic heterocycles. The quantitative estimate of drug-likeness (QED) is 0.909. The van der Waals surface area contributed by atoms with E-state index in [-0.39, 0.29) is 11.9 Å². The zero-order valence-corrected chi connectivity index (χ0v) is 14.1. The highest BCUT2D eigenvalue weighted by Crippen LogP contribution is 2.25. The number of likely N-dealkylation sites (tertiary alicyclic amines) is 1. The molecule has 1 N–H and O–H groups in total. The van der Waals surface area contributed by atoms with Crippen molar-refractivity contribution in [3.63, 3.8) is 0 Å². The fraction of sp³-hybridized carbons (Fsp3) is 0.529. The van der Waals surface area contributed by atoms with Crippen molar-refractivity contribution in [2.24, 2.45) is 0 Å². The first-order valence-electron chi connectivity index (χ1n) is 8.08. The number of nitrogens with one attached hydrogen (secondary N) is 1. The molecule has 130 valence electrons. The maximum atomic E-state index is 13.9. The molecule has 0 radical (unpaired) electrons. The van der Waals surface area contributed by atoms with Crippen LogP contribution in [0.4, 0.5) is 4.39 Å². The second-order valence-corrected chi connectivity index (χ2v) is 6.36. The predicted octanol–water partition coefficient (Wildman–Crippen LogP) is 2.54. The van der Waals surface area contributed by atoms with E-state index in [1.54, 1.807) is 6.07 Å². The average Bonchev–Trinajstić information content (AvgIpc) is 3.20. The van der Waals surface area contributed by atoms with Crippen molar-refractivity contribution in [1.29, 1.82) is 0 Å². The van der Waals surface area contributed by atoms with Crippen LogP contribution in [0, 0.1) is 20.8 Å². The summed E-state index contributed by atoms with van der Waals surface area (Å²) in [5, 5.41) is 6.79. The van der Waals surface area contributed by atoms with Gasteiger partial charge in [-0.25, -0.2) is 4.39 Å². The maximum Gasteiger partial charge on any atom is 0.287 e. The van der Waals surface area contributed by atoms with Crippen molar-refractivity contribution in [3.05, 3.63) is 40.7 Å². The van der Waals surface area contributed by atoms with E-state index in [9.17, 15) is 9.18 Å². The van der Waals surface area contributed by atoms with Crippen molar-refractivity contribution in [2.45, 2.75) is 46.0 Å². The minimum Gasteiger partial charge on any atom is -0.459 e. The van der Waals surface area contributed by atoms with E-state index in [2.05, 4.69) is 10.5 Å². The summed E-state index contributed by atoms with van der Waals surface area (Å²) < 4.78 is 24.3. The Labute approximate surface area is 140 Å². The Bertz CT molecular complexity index is 705. The van der Waals surface area contributed by atoms with Crippen LogP contribution in [0.2, 0.25) is 0 Å². The summed E-state index contributed by atoms with van der Waals surface area (Å²) in [6, 6.07) is 1.68. The Balaban J connectivity index is 1.63. The molecule has 6 nitrogen and oxygen atoms in total. The molecule has 3 heterocycles. The molecule has 0 saturated carbocycles. The van der Waals surface area contributed by atoms with Crippen LogP contribution in [0.15, 0.2) is 21.3 Å². The van der Waals surface area contributed by atoms with Gasteiger partial charge in [-0.2, -0.15) is 0 Å². The molecule has 1 aliphatic heterocycles. The summed E-state index contributed by atoms with van der Waals surface area (Å²) in [5.41, 5.74) is 2.60. The molecule has 2 aromatic rings. The topological polar surface area (TPSA) is 71.5 Å². The molecule has 3 rings (SSSR count). The van der Waals surface area contributed by atoms with E-state index in [4.69, 9.17) is 8.94 Å². The number of rotatable bonds is 5. The van der Waals surface area contributed by atoms with Gasteiger partial charge >= 0.3 is 0 Å². The third kappa shape index (κ3) is 3.36. The Morgan fingerprint density at radius 1 is 1.46 bits per heavy atom. The van der Waals surface area contributed by atoms with Gasteiger partial charge in [-0.05, 0) is 33.3 Å². The maximum absolute atomic E-state index is 13.9. The van der Waals surface area contributed by atoms with Crippen LogP contribution in [-0.2, 0) is 6.54 Å². The lowest BCUT2D eigenvalue weighted by molar-refractivity contribution is 0.0911. The zero-order chi connectivity index (χ0) is 17.3. The number of alkyl halides is 1. The van der Waals surface area contributed by atoms with Gasteiger partial charge in [0, 0.05) is 36.8 Å². The number of carbonyl (C=O) groups is 1. The molecule has 0 spiro atoms. The van der Waals surface area contributed by atoms with E-state index >= 15 is 0 Å². The molecule has 1 fully saturated rings. The van der Waals surface area contributed by atoms with Gasteiger partial charge in [0.25, 0.3) is 5.91 Å². The number of amides is 1. The second-order valence-electron chi connectivity index (χ2n) is 6.36. The highest BCUT2D eigenvalue weighted by molar-refractivity contribution is 5.92. The Morgan fingerprint density at radius 3 is 2.88 bits per heavy atom. The molecule has 0 aromatic carbocycles. The number of nitrogens with zero attached hydrogens (tertiary/aromatic N) is 2. The van der Waals surface area contributed by atoms with Gasteiger partial charge < -0.3 is 14.3 Å². The summed E-state index contributed by atoms with van der Waals surface area (Å²) in [6.07, 6.45) is 1.000. The molecular weight excluding hydrogens is 313 g/mol. The lowest BCUT2D eigenvalue weighted by Gasteiger charge is -2.24. The minimum absolute atomic E-state index is 0.0621. The van der Waals surface area contributed by atoms with Crippen molar-refractivity contribution < 1.29 is 18.1 Å². The van der Waals surface area contributed by atoms with Crippen LogP contribution in [0.3, 0.4) is 0 Å². The Morgan fingerprint density at radius 2 is 2.25 bits per heavy atom. The van der Waals surface area contributed by atoms with Gasteiger partial charge in [0.05, 0.1) is 12.0 Å². The number of hydrogen-bond acceptors (Lipinski definition) is 5. The van der Waals surface area contributed by atoms with E-state index in [0.29, 0.717) is 31.8 Å². The van der Waals surface area contributed by atoms with E-state index in [0.717, 1.165) is 22.6 Å². The highest BCUT2D eigenvalue weighted by atomic mass is 19.1. The number of carbonyl (C=O) groups excluding carboxylic acids is 1. The standard InChI is InChI=1S/C17H22FN3O3/c1-10-4-5-23-16(10)17(22)19-7-14-6-13(18)8-21(14)9-15-11(2)20-24-12(15)3/h4-5,13-14H,6-9H2,1-3H3,(H,19,22)/t13-,14-/m0/s1. The normalized spacial score (nSPS) is 21.3. The number of aromatic nitrogens is 1. The van der Waals surface area contributed by atoms with Gasteiger partial charge in [-0.15, -0.1) is 0 Å². The number of furan rings is 1. The molecule has 1 amide bonds. The first-order valence-corrected chi connectivity index (χ1v) is 8.08. The van der Waals surface area contributed by atoms with Crippen molar-refractivity contribution in [2.75, 3.05) is 13.1 Å². The largest absolute Gasteiger partial charge is 0.459 e. The first-order chi connectivity index (χ1) is 11.5. The molecule has 0 aliphatic carbocycles. The van der Waals surface area contributed by atoms with E-state index < -0.39 is 6.17 Å². The van der Waals surface area contributed by atoms with E-state index in [1.807, 2.05) is 25.7 Å². The highest BCUT2D eigenvalue weighted by Gasteiger charge is 2.33.